The van der Waals surface area contributed by atoms with Gasteiger partial charge in [0.25, 0.3) is 0 Å². The van der Waals surface area contributed by atoms with Crippen molar-refractivity contribution in [3.8, 4) is 11.5 Å². The number of rotatable bonds is 24. The number of anilines is 4. The molecule has 388 valence electrons. The molecule has 2 aromatic heterocycles. The molecule has 2 aliphatic rings. The first kappa shape index (κ1) is 54.5. The molecule has 0 radical (unpaired) electrons. The zero-order valence-corrected chi connectivity index (χ0v) is 41.5. The molecule has 71 heavy (non-hydrogen) atoms. The van der Waals surface area contributed by atoms with E-state index in [0.717, 1.165) is 37.0 Å². The van der Waals surface area contributed by atoms with Crippen LogP contribution in [0.2, 0.25) is 0 Å². The number of ether oxygens (including phenoxy) is 3. The van der Waals surface area contributed by atoms with Crippen molar-refractivity contribution in [1.29, 1.82) is 0 Å². The van der Waals surface area contributed by atoms with Crippen LogP contribution in [-0.4, -0.2) is 140 Å². The second kappa shape index (κ2) is 24.1. The Kier molecular flexibility index (Phi) is 18.5. The molecule has 2 saturated heterocycles. The largest absolute Gasteiger partial charge is 0.496 e. The molecule has 6 rings (SSSR count). The van der Waals surface area contributed by atoms with Crippen LogP contribution in [0.25, 0.3) is 0 Å². The third-order valence-electron chi connectivity index (χ3n) is 12.3. The van der Waals surface area contributed by atoms with Crippen molar-refractivity contribution >= 4 is 55.1 Å². The van der Waals surface area contributed by atoms with Crippen molar-refractivity contribution < 1.29 is 63.5 Å². The third kappa shape index (κ3) is 13.4. The van der Waals surface area contributed by atoms with E-state index >= 15 is 8.78 Å². The predicted molar refractivity (Wildman–Crippen MR) is 255 cm³/mol. The molecule has 1 atom stereocenters. The number of unbranched alkanes of at least 4 members (excludes halogenated alkanes) is 1. The van der Waals surface area contributed by atoms with E-state index in [1.165, 1.54) is 22.8 Å². The van der Waals surface area contributed by atoms with Crippen molar-refractivity contribution in [3.05, 3.63) is 81.7 Å². The number of aromatic nitrogens is 4. The first-order valence-electron chi connectivity index (χ1n) is 23.1. The molecule has 8 N–H and O–H groups in total. The molecule has 20 nitrogen and oxygen atoms in total. The molecule has 2 aromatic carbocycles. The summed E-state index contributed by atoms with van der Waals surface area (Å²) in [4.78, 5) is 43.2. The van der Waals surface area contributed by atoms with Crippen LogP contribution in [-0.2, 0) is 31.4 Å². The summed E-state index contributed by atoms with van der Waals surface area (Å²) in [5.74, 6) is -8.25. The molecule has 0 saturated carbocycles. The molecule has 0 aliphatic carbocycles. The minimum Gasteiger partial charge on any atom is -0.496 e. The van der Waals surface area contributed by atoms with Gasteiger partial charge in [0.05, 0.1) is 56.6 Å². The number of nitrogen functional groups attached to an aromatic ring is 2. The number of carbonyl (C=O) groups excluding carboxylic acids is 2. The van der Waals surface area contributed by atoms with E-state index in [1.807, 2.05) is 19.2 Å². The average Bonchev–Trinajstić information content (AvgIpc) is 3.34. The fourth-order valence-corrected chi connectivity index (χ4v) is 11.4. The van der Waals surface area contributed by atoms with Gasteiger partial charge in [-0.05, 0) is 57.2 Å². The highest BCUT2D eigenvalue weighted by atomic mass is 32.2. The number of nitrogens with two attached hydrogens (primary N) is 3. The van der Waals surface area contributed by atoms with Crippen molar-refractivity contribution in [2.24, 2.45) is 0 Å². The van der Waals surface area contributed by atoms with Gasteiger partial charge in [0.1, 0.15) is 40.3 Å². The fraction of sp³-hybridized carbons (Fsp3) is 0.511. The number of hydrogen-bond acceptors (Lipinski definition) is 17. The van der Waals surface area contributed by atoms with Crippen LogP contribution in [0.3, 0.4) is 0 Å². The number of halogens is 4. The molecule has 26 heteroatoms. The zero-order chi connectivity index (χ0) is 51.6. The molecule has 0 bridgehead atoms. The van der Waals surface area contributed by atoms with Gasteiger partial charge in [-0.1, -0.05) is 13.3 Å². The SMILES string of the molecule is CCCCS(=O)(=O)N1CCC(Nc2ncc(C(=O)c3c(OC)cc(COC[C@H](C)[NH2+]CCCS(=O)(=O)N4CCC(Nc5ncc(C(=O)c6c(OC)ccc(F)c6F)c(N)n5)CC4)c(F)c3F)c(N)n2)CC1. The Morgan fingerprint density at radius 2 is 1.25 bits per heavy atom. The number of piperidine rings is 2. The Hall–Kier alpha value is -5.80. The fourth-order valence-electron chi connectivity index (χ4n) is 8.19. The lowest BCUT2D eigenvalue weighted by molar-refractivity contribution is -0.687. The maximum Gasteiger partial charge on any atom is 0.224 e. The molecule has 0 unspecified atom stereocenters. The van der Waals surface area contributed by atoms with Crippen molar-refractivity contribution in [2.75, 3.05) is 87.2 Å². The van der Waals surface area contributed by atoms with Crippen LogP contribution < -0.4 is 36.9 Å². The van der Waals surface area contributed by atoms with Gasteiger partial charge in [-0.25, -0.2) is 53.0 Å². The summed E-state index contributed by atoms with van der Waals surface area (Å²) in [6, 6.07) is 2.54. The summed E-state index contributed by atoms with van der Waals surface area (Å²) in [6.07, 6.45) is 5.70. The van der Waals surface area contributed by atoms with Crippen molar-refractivity contribution in [3.63, 3.8) is 0 Å². The summed E-state index contributed by atoms with van der Waals surface area (Å²) in [7, 11) is -4.53. The van der Waals surface area contributed by atoms with Crippen LogP contribution in [0.1, 0.15) is 96.2 Å². The van der Waals surface area contributed by atoms with E-state index in [2.05, 4.69) is 30.6 Å². The zero-order valence-electron chi connectivity index (χ0n) is 39.9. The monoisotopic (exact) mass is 1040 g/mol. The third-order valence-corrected chi connectivity index (χ3v) is 16.2. The highest BCUT2D eigenvalue weighted by Gasteiger charge is 2.32. The van der Waals surface area contributed by atoms with Gasteiger partial charge in [-0.15, -0.1) is 0 Å². The van der Waals surface area contributed by atoms with Gasteiger partial charge in [-0.3, -0.25) is 9.59 Å². The Labute approximate surface area is 409 Å². The second-order valence-corrected chi connectivity index (χ2v) is 21.5. The lowest BCUT2D eigenvalue weighted by Gasteiger charge is -2.31. The van der Waals surface area contributed by atoms with E-state index in [4.69, 9.17) is 25.7 Å². The number of carbonyl (C=O) groups is 2. The minimum atomic E-state index is -3.60. The number of quaternary nitrogens is 1. The summed E-state index contributed by atoms with van der Waals surface area (Å²) >= 11 is 0. The van der Waals surface area contributed by atoms with E-state index in [9.17, 15) is 35.2 Å². The van der Waals surface area contributed by atoms with Gasteiger partial charge >= 0.3 is 0 Å². The highest BCUT2D eigenvalue weighted by molar-refractivity contribution is 7.89. The summed E-state index contributed by atoms with van der Waals surface area (Å²) in [6.45, 7) is 5.02. The van der Waals surface area contributed by atoms with E-state index in [1.54, 1.807) is 0 Å². The standard InChI is InChI=1S/C45H59F4N11O9S2/c1-5-6-19-70(63,64)59-15-10-28(11-16-59)55-45-54-23-31(43(51)58-45)41(62)36-34(68-4)21-27(37(47)39(36)49)25-69-24-26(2)52-14-7-20-71(65,66)60-17-12-29(13-18-60)56-44-53-22-30(42(50)57-44)40(61)35-33(67-3)9-8-32(46)38(35)48/h8-9,21-23,26,28-29,52H,5-7,10-20,24-25H2,1-4H3,(H3,50,53,56,57)(H3,51,54,55,58)/p+1/t26-/m0/s1. The average molecular weight is 1040 g/mol. The number of ketones is 2. The Morgan fingerprint density at radius 3 is 1.73 bits per heavy atom. The van der Waals surface area contributed by atoms with Crippen LogP contribution in [0.4, 0.5) is 41.1 Å². The van der Waals surface area contributed by atoms with Gasteiger partial charge in [-0.2, -0.15) is 9.97 Å². The van der Waals surface area contributed by atoms with E-state index < -0.39 is 66.0 Å². The molecule has 2 fully saturated rings. The number of hydrogen-bond donors (Lipinski definition) is 5. The molecular formula is C45H60F4N11O9S2+. The Bertz CT molecular complexity index is 2780. The molecule has 0 amide bonds. The van der Waals surface area contributed by atoms with Gasteiger partial charge in [0.15, 0.2) is 23.3 Å². The lowest BCUT2D eigenvalue weighted by Crippen LogP contribution is -2.90. The number of sulfonamides is 2. The van der Waals surface area contributed by atoms with Gasteiger partial charge in [0, 0.05) is 62.6 Å². The second-order valence-electron chi connectivity index (χ2n) is 17.3. The number of nitrogens with zero attached hydrogens (tertiary/aromatic N) is 6. The topological polar surface area (TPSA) is 281 Å². The first-order chi connectivity index (χ1) is 33.8. The number of nitrogens with one attached hydrogen (secondary N) is 2. The smallest absolute Gasteiger partial charge is 0.224 e. The van der Waals surface area contributed by atoms with Crippen molar-refractivity contribution in [2.45, 2.75) is 83.5 Å². The maximum absolute atomic E-state index is 15.6. The van der Waals surface area contributed by atoms with Crippen LogP contribution in [0.15, 0.2) is 30.6 Å². The highest BCUT2D eigenvalue weighted by Crippen LogP contribution is 2.32. The molecular weight excluding hydrogens is 979 g/mol. The normalized spacial score (nSPS) is 15.9. The van der Waals surface area contributed by atoms with Crippen LogP contribution in [0.5, 0.6) is 11.5 Å². The van der Waals surface area contributed by atoms with Crippen molar-refractivity contribution in [1.82, 2.24) is 28.5 Å². The molecule has 2 aliphatic heterocycles. The number of benzene rings is 2. The quantitative estimate of drug-likeness (QED) is 0.0383. The van der Waals surface area contributed by atoms with Crippen LogP contribution in [0, 0.1) is 23.3 Å². The predicted octanol–water partition coefficient (Wildman–Crippen LogP) is 3.24. The van der Waals surface area contributed by atoms with Gasteiger partial charge < -0.3 is 41.6 Å². The molecule has 4 aromatic rings. The summed E-state index contributed by atoms with van der Waals surface area (Å²) < 4.78 is 130. The van der Waals surface area contributed by atoms with E-state index in [-0.39, 0.29) is 108 Å². The van der Waals surface area contributed by atoms with E-state index in [0.29, 0.717) is 58.2 Å². The number of methoxy groups -OCH3 is 2. The Balaban J connectivity index is 0.920. The lowest BCUT2D eigenvalue weighted by atomic mass is 10.0. The summed E-state index contributed by atoms with van der Waals surface area (Å²) in [5.41, 5.74) is 10.0. The van der Waals surface area contributed by atoms with Gasteiger partial charge in [0.2, 0.25) is 43.5 Å². The Morgan fingerprint density at radius 1 is 0.761 bits per heavy atom. The minimum absolute atomic E-state index is 0.0715. The molecule has 0 spiro atoms. The summed E-state index contributed by atoms with van der Waals surface area (Å²) in [5, 5.41) is 8.07. The van der Waals surface area contributed by atoms with Crippen LogP contribution >= 0.6 is 0 Å². The maximum atomic E-state index is 15.6. The molecule has 4 heterocycles. The first-order valence-corrected chi connectivity index (χ1v) is 26.3.